The number of benzene rings is 1. The van der Waals surface area contributed by atoms with Crippen LogP contribution in [0.25, 0.3) is 10.9 Å². The highest BCUT2D eigenvalue weighted by molar-refractivity contribution is 5.81. The first-order chi connectivity index (χ1) is 10.4. The van der Waals surface area contributed by atoms with Gasteiger partial charge >= 0.3 is 0 Å². The van der Waals surface area contributed by atoms with Crippen LogP contribution in [0, 0.1) is 0 Å². The van der Waals surface area contributed by atoms with Gasteiger partial charge in [-0.2, -0.15) is 0 Å². The van der Waals surface area contributed by atoms with Gasteiger partial charge in [-0.3, -0.25) is 4.98 Å². The summed E-state index contributed by atoms with van der Waals surface area (Å²) < 4.78 is 0. The predicted octanol–water partition coefficient (Wildman–Crippen LogP) is 5.25. The van der Waals surface area contributed by atoms with E-state index in [9.17, 15) is 0 Å². The van der Waals surface area contributed by atoms with Crippen LogP contribution in [0.3, 0.4) is 0 Å². The fourth-order valence-electron chi connectivity index (χ4n) is 2.99. The van der Waals surface area contributed by atoms with E-state index in [1.165, 1.54) is 55.9 Å². The van der Waals surface area contributed by atoms with Crippen LogP contribution < -0.4 is 5.32 Å². The van der Waals surface area contributed by atoms with Crippen molar-refractivity contribution in [1.29, 1.82) is 0 Å². The molecule has 21 heavy (non-hydrogen) atoms. The molecule has 2 rings (SSSR count). The molecule has 0 radical (unpaired) electrons. The maximum Gasteiger partial charge on any atom is 0.0749 e. The zero-order chi connectivity index (χ0) is 14.9. The Balaban J connectivity index is 1.96. The summed E-state index contributed by atoms with van der Waals surface area (Å²) in [6, 6.07) is 11.1. The third-order valence-electron chi connectivity index (χ3n) is 4.23. The van der Waals surface area contributed by atoms with Gasteiger partial charge in [0, 0.05) is 17.6 Å². The molecular formula is C19H28N2. The summed E-state index contributed by atoms with van der Waals surface area (Å²) >= 11 is 0. The molecule has 0 aliphatic heterocycles. The minimum absolute atomic E-state index is 0.412. The Hall–Kier alpha value is -1.41. The maximum absolute atomic E-state index is 4.58. The lowest BCUT2D eigenvalue weighted by Gasteiger charge is -2.18. The minimum Gasteiger partial charge on any atom is -0.313 e. The molecular weight excluding hydrogens is 256 g/mol. The van der Waals surface area contributed by atoms with Crippen molar-refractivity contribution in [3.63, 3.8) is 0 Å². The molecule has 0 bridgehead atoms. The largest absolute Gasteiger partial charge is 0.313 e. The minimum atomic E-state index is 0.412. The molecule has 0 spiro atoms. The van der Waals surface area contributed by atoms with E-state index in [4.69, 9.17) is 0 Å². The average Bonchev–Trinajstić information content (AvgIpc) is 2.54. The molecule has 1 aromatic carbocycles. The second kappa shape index (κ2) is 8.78. The first-order valence-corrected chi connectivity index (χ1v) is 8.37. The molecule has 0 aliphatic rings. The normalized spacial score (nSPS) is 12.7. The van der Waals surface area contributed by atoms with Crippen molar-refractivity contribution >= 4 is 10.9 Å². The van der Waals surface area contributed by atoms with E-state index in [2.05, 4.69) is 48.5 Å². The van der Waals surface area contributed by atoms with E-state index >= 15 is 0 Å². The highest BCUT2D eigenvalue weighted by atomic mass is 14.9. The lowest BCUT2D eigenvalue weighted by molar-refractivity contribution is 0.499. The number of para-hydroxylation sites is 1. The van der Waals surface area contributed by atoms with E-state index in [1.807, 2.05) is 12.3 Å². The highest BCUT2D eigenvalue weighted by Gasteiger charge is 2.12. The quantitative estimate of drug-likeness (QED) is 0.636. The van der Waals surface area contributed by atoms with Gasteiger partial charge in [-0.25, -0.2) is 0 Å². The number of hydrogen-bond donors (Lipinski definition) is 1. The van der Waals surface area contributed by atoms with E-state index in [0.29, 0.717) is 6.04 Å². The third-order valence-corrected chi connectivity index (χ3v) is 4.23. The lowest BCUT2D eigenvalue weighted by atomic mass is 9.97. The number of nitrogens with zero attached hydrogens (tertiary/aromatic N) is 1. The SMILES string of the molecule is CCCCCCCCC(NC)c1cccc2cccnc12. The second-order valence-electron chi connectivity index (χ2n) is 5.82. The van der Waals surface area contributed by atoms with E-state index in [1.54, 1.807) is 0 Å². The van der Waals surface area contributed by atoms with Crippen molar-refractivity contribution in [2.24, 2.45) is 0 Å². The van der Waals surface area contributed by atoms with Gasteiger partial charge in [-0.15, -0.1) is 0 Å². The zero-order valence-corrected chi connectivity index (χ0v) is 13.4. The first-order valence-electron chi connectivity index (χ1n) is 8.37. The molecule has 0 saturated carbocycles. The van der Waals surface area contributed by atoms with Gasteiger partial charge in [0.2, 0.25) is 0 Å². The molecule has 0 aliphatic carbocycles. The number of unbranched alkanes of at least 4 members (excludes halogenated alkanes) is 5. The monoisotopic (exact) mass is 284 g/mol. The predicted molar refractivity (Wildman–Crippen MR) is 91.5 cm³/mol. The Morgan fingerprint density at radius 2 is 1.76 bits per heavy atom. The molecule has 0 amide bonds. The number of hydrogen-bond acceptors (Lipinski definition) is 2. The number of pyridine rings is 1. The molecule has 1 unspecified atom stereocenters. The number of rotatable bonds is 9. The van der Waals surface area contributed by atoms with Crippen LogP contribution in [-0.4, -0.2) is 12.0 Å². The van der Waals surface area contributed by atoms with Crippen molar-refractivity contribution in [2.45, 2.75) is 57.9 Å². The zero-order valence-electron chi connectivity index (χ0n) is 13.4. The highest BCUT2D eigenvalue weighted by Crippen LogP contribution is 2.26. The molecule has 0 saturated heterocycles. The summed E-state index contributed by atoms with van der Waals surface area (Å²) in [5, 5.41) is 4.71. The molecule has 114 valence electrons. The third kappa shape index (κ3) is 4.53. The summed E-state index contributed by atoms with van der Waals surface area (Å²) in [6.45, 7) is 2.27. The first kappa shape index (κ1) is 16.0. The van der Waals surface area contributed by atoms with Crippen molar-refractivity contribution in [1.82, 2.24) is 10.3 Å². The summed E-state index contributed by atoms with van der Waals surface area (Å²) in [7, 11) is 2.06. The van der Waals surface area contributed by atoms with Gasteiger partial charge in [-0.05, 0) is 25.1 Å². The van der Waals surface area contributed by atoms with Crippen LogP contribution in [0.5, 0.6) is 0 Å². The maximum atomic E-state index is 4.58. The Bertz CT molecular complexity index is 531. The Morgan fingerprint density at radius 1 is 1.00 bits per heavy atom. The molecule has 1 heterocycles. The molecule has 2 heteroatoms. The van der Waals surface area contributed by atoms with E-state index < -0.39 is 0 Å². The van der Waals surface area contributed by atoms with Gasteiger partial charge in [0.25, 0.3) is 0 Å². The van der Waals surface area contributed by atoms with Crippen molar-refractivity contribution in [3.8, 4) is 0 Å². The van der Waals surface area contributed by atoms with E-state index in [0.717, 1.165) is 5.52 Å². The Kier molecular flexibility index (Phi) is 6.68. The summed E-state index contributed by atoms with van der Waals surface area (Å²) in [6.07, 6.45) is 11.2. The molecule has 1 atom stereocenters. The van der Waals surface area contributed by atoms with Crippen molar-refractivity contribution in [3.05, 3.63) is 42.1 Å². The van der Waals surface area contributed by atoms with Crippen LogP contribution in [0.2, 0.25) is 0 Å². The van der Waals surface area contributed by atoms with Crippen LogP contribution in [-0.2, 0) is 0 Å². The standard InChI is InChI=1S/C19H28N2/c1-3-4-5-6-7-8-14-18(20-2)17-13-9-11-16-12-10-15-21-19(16)17/h9-13,15,18,20H,3-8,14H2,1-2H3. The molecule has 1 aromatic heterocycles. The van der Waals surface area contributed by atoms with Crippen LogP contribution in [0.1, 0.15) is 63.5 Å². The van der Waals surface area contributed by atoms with E-state index in [-0.39, 0.29) is 0 Å². The number of fused-ring (bicyclic) bond motifs is 1. The molecule has 2 nitrogen and oxygen atoms in total. The molecule has 0 fully saturated rings. The summed E-state index contributed by atoms with van der Waals surface area (Å²) in [5.74, 6) is 0. The fraction of sp³-hybridized carbons (Fsp3) is 0.526. The van der Waals surface area contributed by atoms with Crippen LogP contribution in [0.4, 0.5) is 0 Å². The summed E-state index contributed by atoms with van der Waals surface area (Å²) in [5.41, 5.74) is 2.48. The Morgan fingerprint density at radius 3 is 2.57 bits per heavy atom. The van der Waals surface area contributed by atoms with Crippen LogP contribution in [0.15, 0.2) is 36.5 Å². The van der Waals surface area contributed by atoms with Crippen molar-refractivity contribution < 1.29 is 0 Å². The molecule has 2 aromatic rings. The van der Waals surface area contributed by atoms with Gasteiger partial charge in [0.15, 0.2) is 0 Å². The second-order valence-corrected chi connectivity index (χ2v) is 5.82. The van der Waals surface area contributed by atoms with Crippen LogP contribution >= 0.6 is 0 Å². The van der Waals surface area contributed by atoms with Gasteiger partial charge in [0.05, 0.1) is 5.52 Å². The summed E-state index contributed by atoms with van der Waals surface area (Å²) in [4.78, 5) is 4.58. The number of nitrogens with one attached hydrogen (secondary N) is 1. The smallest absolute Gasteiger partial charge is 0.0749 e. The van der Waals surface area contributed by atoms with Gasteiger partial charge < -0.3 is 5.32 Å². The van der Waals surface area contributed by atoms with Gasteiger partial charge in [-0.1, -0.05) is 69.7 Å². The van der Waals surface area contributed by atoms with Gasteiger partial charge in [0.1, 0.15) is 0 Å². The number of aromatic nitrogens is 1. The lowest BCUT2D eigenvalue weighted by Crippen LogP contribution is -2.16. The topological polar surface area (TPSA) is 24.9 Å². The fourth-order valence-corrected chi connectivity index (χ4v) is 2.99. The average molecular weight is 284 g/mol. The Labute approximate surface area is 129 Å². The molecule has 1 N–H and O–H groups in total. The van der Waals surface area contributed by atoms with Crippen molar-refractivity contribution in [2.75, 3.05) is 7.05 Å².